The summed E-state index contributed by atoms with van der Waals surface area (Å²) in [6.07, 6.45) is 1.77. The molecule has 0 saturated carbocycles. The zero-order valence-corrected chi connectivity index (χ0v) is 19.5. The number of alkyl halides is 1. The molecule has 2 aromatic heterocycles. The molecular formula is C26H28F2N2O2S. The Morgan fingerprint density at radius 1 is 1.30 bits per heavy atom. The van der Waals surface area contributed by atoms with Crippen LogP contribution in [0.25, 0.3) is 10.9 Å². The number of pyridine rings is 1. The second kappa shape index (κ2) is 10.6. The SMILES string of the molecule is COc1ccc2ncc(F)c([C@@H](F)CCC3(CO)CCN(CC#Cc4cccs4)CC3)c2c1. The van der Waals surface area contributed by atoms with E-state index in [0.29, 0.717) is 29.6 Å². The Hall–Kier alpha value is -2.53. The number of aromatic nitrogens is 1. The van der Waals surface area contributed by atoms with Crippen molar-refractivity contribution in [2.24, 2.45) is 5.41 Å². The summed E-state index contributed by atoms with van der Waals surface area (Å²) in [5, 5.41) is 12.6. The molecule has 1 aromatic carbocycles. The third-order valence-corrected chi connectivity index (χ3v) is 7.38. The summed E-state index contributed by atoms with van der Waals surface area (Å²) < 4.78 is 35.2. The minimum atomic E-state index is -1.49. The maximum atomic E-state index is 15.4. The first-order valence-electron chi connectivity index (χ1n) is 11.2. The van der Waals surface area contributed by atoms with E-state index >= 15 is 4.39 Å². The molecule has 4 rings (SSSR count). The highest BCUT2D eigenvalue weighted by Crippen LogP contribution is 2.40. The first-order chi connectivity index (χ1) is 16.0. The van der Waals surface area contributed by atoms with Gasteiger partial charge in [-0.1, -0.05) is 17.9 Å². The predicted octanol–water partition coefficient (Wildman–Crippen LogP) is 5.36. The summed E-state index contributed by atoms with van der Waals surface area (Å²) in [5.41, 5.74) is 0.205. The van der Waals surface area contributed by atoms with Crippen LogP contribution < -0.4 is 4.74 Å². The number of aliphatic hydroxyl groups excluding tert-OH is 1. The number of piperidine rings is 1. The summed E-state index contributed by atoms with van der Waals surface area (Å²) in [5.74, 6) is 6.26. The number of ether oxygens (including phenoxy) is 1. The fourth-order valence-electron chi connectivity index (χ4n) is 4.45. The lowest BCUT2D eigenvalue weighted by molar-refractivity contribution is 0.0343. The van der Waals surface area contributed by atoms with Gasteiger partial charge in [0.1, 0.15) is 17.7 Å². The lowest BCUT2D eigenvalue weighted by Gasteiger charge is -2.40. The van der Waals surface area contributed by atoms with Crippen LogP contribution in [0.3, 0.4) is 0 Å². The van der Waals surface area contributed by atoms with E-state index in [-0.39, 0.29) is 24.0 Å². The molecule has 3 heterocycles. The van der Waals surface area contributed by atoms with Crippen LogP contribution in [0.1, 0.15) is 42.3 Å². The fourth-order valence-corrected chi connectivity index (χ4v) is 5.04. The molecule has 1 fully saturated rings. The van der Waals surface area contributed by atoms with Gasteiger partial charge in [0.05, 0.1) is 30.2 Å². The summed E-state index contributed by atoms with van der Waals surface area (Å²) in [7, 11) is 1.52. The molecule has 174 valence electrons. The summed E-state index contributed by atoms with van der Waals surface area (Å²) in [6.45, 7) is 2.30. The second-order valence-corrected chi connectivity index (χ2v) is 9.57. The van der Waals surface area contributed by atoms with Gasteiger partial charge in [0.25, 0.3) is 0 Å². The summed E-state index contributed by atoms with van der Waals surface area (Å²) in [6, 6.07) is 9.05. The van der Waals surface area contributed by atoms with Crippen molar-refractivity contribution in [2.45, 2.75) is 31.9 Å². The van der Waals surface area contributed by atoms with Crippen LogP contribution in [0, 0.1) is 23.1 Å². The number of benzene rings is 1. The summed E-state index contributed by atoms with van der Waals surface area (Å²) >= 11 is 1.63. The minimum absolute atomic E-state index is 0.00182. The van der Waals surface area contributed by atoms with Gasteiger partial charge in [-0.2, -0.15) is 0 Å². The average molecular weight is 471 g/mol. The molecule has 1 saturated heterocycles. The molecule has 1 aliphatic heterocycles. The molecule has 7 heteroatoms. The van der Waals surface area contributed by atoms with Gasteiger partial charge in [-0.05, 0) is 73.8 Å². The number of hydrogen-bond donors (Lipinski definition) is 1. The fraction of sp³-hybridized carbons (Fsp3) is 0.423. The van der Waals surface area contributed by atoms with Crippen molar-refractivity contribution < 1.29 is 18.6 Å². The van der Waals surface area contributed by atoms with Gasteiger partial charge in [0.2, 0.25) is 0 Å². The van der Waals surface area contributed by atoms with Crippen LogP contribution in [0.15, 0.2) is 41.9 Å². The lowest BCUT2D eigenvalue weighted by atomic mass is 9.74. The number of aliphatic hydroxyl groups is 1. The Balaban J connectivity index is 1.39. The number of likely N-dealkylation sites (tertiary alicyclic amines) is 1. The van der Waals surface area contributed by atoms with Gasteiger partial charge in [-0.3, -0.25) is 9.88 Å². The standard InChI is InChI=1S/C26H28F2N2O2S/c1-32-19-6-7-24-21(16-19)25(23(28)17-29-24)22(27)8-9-26(18-31)10-13-30(14-11-26)12-2-4-20-5-3-15-33-20/h3,5-7,15-17,22,31H,8-14,18H2,1H3/t22-/m0/s1. The number of rotatable bonds is 7. The molecule has 0 aliphatic carbocycles. The number of halogens is 2. The maximum absolute atomic E-state index is 15.4. The van der Waals surface area contributed by atoms with E-state index < -0.39 is 12.0 Å². The molecule has 33 heavy (non-hydrogen) atoms. The van der Waals surface area contributed by atoms with E-state index in [9.17, 15) is 9.50 Å². The number of nitrogens with zero attached hydrogens (tertiary/aromatic N) is 2. The highest BCUT2D eigenvalue weighted by atomic mass is 32.1. The van der Waals surface area contributed by atoms with Crippen molar-refractivity contribution in [3.05, 3.63) is 58.2 Å². The Bertz CT molecular complexity index is 1130. The monoisotopic (exact) mass is 470 g/mol. The Morgan fingerprint density at radius 2 is 2.12 bits per heavy atom. The number of methoxy groups -OCH3 is 1. The van der Waals surface area contributed by atoms with Gasteiger partial charge in [0, 0.05) is 17.6 Å². The van der Waals surface area contributed by atoms with Crippen molar-refractivity contribution in [3.8, 4) is 17.6 Å². The van der Waals surface area contributed by atoms with Gasteiger partial charge in [-0.25, -0.2) is 8.78 Å². The number of hydrogen-bond acceptors (Lipinski definition) is 5. The van der Waals surface area contributed by atoms with Crippen LogP contribution in [0.2, 0.25) is 0 Å². The molecule has 0 radical (unpaired) electrons. The first kappa shape index (κ1) is 23.6. The number of fused-ring (bicyclic) bond motifs is 1. The quantitative estimate of drug-likeness (QED) is 0.472. The third kappa shape index (κ3) is 5.52. The smallest absolute Gasteiger partial charge is 0.148 e. The van der Waals surface area contributed by atoms with Crippen molar-refractivity contribution in [3.63, 3.8) is 0 Å². The molecule has 3 aromatic rings. The van der Waals surface area contributed by atoms with Crippen molar-refractivity contribution >= 4 is 22.2 Å². The molecule has 0 amide bonds. The zero-order chi connectivity index (χ0) is 23.3. The van der Waals surface area contributed by atoms with Crippen LogP contribution in [0.4, 0.5) is 8.78 Å². The highest BCUT2D eigenvalue weighted by molar-refractivity contribution is 7.10. The lowest BCUT2D eigenvalue weighted by Crippen LogP contribution is -2.42. The normalized spacial score (nSPS) is 16.8. The van der Waals surface area contributed by atoms with E-state index in [0.717, 1.165) is 37.0 Å². The zero-order valence-electron chi connectivity index (χ0n) is 18.7. The Kier molecular flexibility index (Phi) is 7.59. The van der Waals surface area contributed by atoms with Gasteiger partial charge >= 0.3 is 0 Å². The first-order valence-corrected chi connectivity index (χ1v) is 12.0. The van der Waals surface area contributed by atoms with E-state index in [1.165, 1.54) is 7.11 Å². The maximum Gasteiger partial charge on any atom is 0.148 e. The molecule has 0 spiro atoms. The molecule has 4 nitrogen and oxygen atoms in total. The van der Waals surface area contributed by atoms with Crippen LogP contribution in [0.5, 0.6) is 5.75 Å². The third-order valence-electron chi connectivity index (χ3n) is 6.60. The second-order valence-electron chi connectivity index (χ2n) is 8.62. The minimum Gasteiger partial charge on any atom is -0.497 e. The van der Waals surface area contributed by atoms with Gasteiger partial charge < -0.3 is 9.84 Å². The van der Waals surface area contributed by atoms with E-state index in [1.54, 1.807) is 29.5 Å². The van der Waals surface area contributed by atoms with Crippen LogP contribution in [-0.4, -0.2) is 48.3 Å². The molecule has 0 unspecified atom stereocenters. The van der Waals surface area contributed by atoms with Crippen LogP contribution in [-0.2, 0) is 0 Å². The Labute approximate surface area is 197 Å². The van der Waals surface area contributed by atoms with E-state index in [1.807, 2.05) is 17.5 Å². The average Bonchev–Trinajstić information content (AvgIpc) is 3.36. The molecule has 1 aliphatic rings. The van der Waals surface area contributed by atoms with Crippen molar-refractivity contribution in [1.29, 1.82) is 0 Å². The van der Waals surface area contributed by atoms with Crippen molar-refractivity contribution in [2.75, 3.05) is 33.4 Å². The van der Waals surface area contributed by atoms with E-state index in [2.05, 4.69) is 21.7 Å². The topological polar surface area (TPSA) is 45.6 Å². The van der Waals surface area contributed by atoms with Crippen molar-refractivity contribution in [1.82, 2.24) is 9.88 Å². The molecular weight excluding hydrogens is 442 g/mol. The molecule has 1 N–H and O–H groups in total. The highest BCUT2D eigenvalue weighted by Gasteiger charge is 2.35. The number of thiophene rings is 1. The largest absolute Gasteiger partial charge is 0.497 e. The molecule has 1 atom stereocenters. The Morgan fingerprint density at radius 3 is 2.82 bits per heavy atom. The van der Waals surface area contributed by atoms with E-state index in [4.69, 9.17) is 4.74 Å². The van der Waals surface area contributed by atoms with Gasteiger partial charge in [-0.15, -0.1) is 11.3 Å². The molecule has 0 bridgehead atoms. The van der Waals surface area contributed by atoms with Crippen LogP contribution >= 0.6 is 11.3 Å². The van der Waals surface area contributed by atoms with Gasteiger partial charge in [0.15, 0.2) is 0 Å². The predicted molar refractivity (Wildman–Crippen MR) is 128 cm³/mol. The summed E-state index contributed by atoms with van der Waals surface area (Å²) in [4.78, 5) is 7.40.